The fourth-order valence-electron chi connectivity index (χ4n) is 1.98. The summed E-state index contributed by atoms with van der Waals surface area (Å²) in [5.74, 6) is 5.20. The molecule has 0 aliphatic carbocycles. The van der Waals surface area contributed by atoms with E-state index in [-0.39, 0.29) is 6.04 Å². The van der Waals surface area contributed by atoms with Crippen LogP contribution in [0.2, 0.25) is 0 Å². The van der Waals surface area contributed by atoms with Gasteiger partial charge < -0.3 is 9.73 Å². The maximum Gasteiger partial charge on any atom is 0.194 e. The van der Waals surface area contributed by atoms with Gasteiger partial charge in [0.2, 0.25) is 0 Å². The van der Waals surface area contributed by atoms with Gasteiger partial charge in [-0.25, -0.2) is 4.98 Å². The Kier molecular flexibility index (Phi) is 4.29. The first kappa shape index (κ1) is 12.0. The Hall–Kier alpha value is -0.480. The van der Waals surface area contributed by atoms with Gasteiger partial charge in [-0.05, 0) is 44.2 Å². The minimum absolute atomic E-state index is 0.252. The van der Waals surface area contributed by atoms with E-state index in [0.717, 1.165) is 24.0 Å². The molecule has 0 bridgehead atoms. The van der Waals surface area contributed by atoms with Crippen LogP contribution in [0, 0.1) is 5.92 Å². The highest BCUT2D eigenvalue weighted by atomic mass is 32.2. The van der Waals surface area contributed by atoms with Gasteiger partial charge in [0.25, 0.3) is 0 Å². The summed E-state index contributed by atoms with van der Waals surface area (Å²) >= 11 is 2.06. The molecule has 1 aliphatic heterocycles. The van der Waals surface area contributed by atoms with E-state index < -0.39 is 0 Å². The number of rotatable bonds is 4. The standard InChI is InChI=1S/C12H20N2OS/c1-9(13-2)11-7-14-12(15-11)6-10-4-3-5-16-8-10/h7,9-10,13H,3-6,8H2,1-2H3. The molecule has 90 valence electrons. The maximum atomic E-state index is 5.76. The molecular weight excluding hydrogens is 220 g/mol. The number of thioether (sulfide) groups is 1. The van der Waals surface area contributed by atoms with Gasteiger partial charge in [0.15, 0.2) is 5.89 Å². The van der Waals surface area contributed by atoms with E-state index in [1.807, 2.05) is 13.2 Å². The molecule has 1 aromatic heterocycles. The molecule has 0 aromatic carbocycles. The van der Waals surface area contributed by atoms with Gasteiger partial charge in [-0.1, -0.05) is 0 Å². The highest BCUT2D eigenvalue weighted by molar-refractivity contribution is 7.99. The molecule has 0 radical (unpaired) electrons. The zero-order valence-corrected chi connectivity index (χ0v) is 10.8. The molecule has 2 heterocycles. The van der Waals surface area contributed by atoms with Crippen LogP contribution in [0.5, 0.6) is 0 Å². The molecular formula is C12H20N2OS. The van der Waals surface area contributed by atoms with Crippen molar-refractivity contribution in [3.63, 3.8) is 0 Å². The summed E-state index contributed by atoms with van der Waals surface area (Å²) in [5, 5.41) is 3.16. The van der Waals surface area contributed by atoms with Crippen molar-refractivity contribution in [3.8, 4) is 0 Å². The summed E-state index contributed by atoms with van der Waals surface area (Å²) in [4.78, 5) is 4.36. The number of hydrogen-bond acceptors (Lipinski definition) is 4. The molecule has 2 rings (SSSR count). The second-order valence-electron chi connectivity index (χ2n) is 4.45. The Labute approximate surface area is 101 Å². The summed E-state index contributed by atoms with van der Waals surface area (Å²) in [6.07, 6.45) is 5.53. The lowest BCUT2D eigenvalue weighted by Crippen LogP contribution is -2.13. The largest absolute Gasteiger partial charge is 0.444 e. The first-order valence-corrected chi connectivity index (χ1v) is 7.14. The lowest BCUT2D eigenvalue weighted by atomic mass is 10.0. The topological polar surface area (TPSA) is 38.1 Å². The lowest BCUT2D eigenvalue weighted by Gasteiger charge is -2.19. The van der Waals surface area contributed by atoms with E-state index in [1.54, 1.807) is 0 Å². The van der Waals surface area contributed by atoms with E-state index in [0.29, 0.717) is 0 Å². The number of nitrogens with zero attached hydrogens (tertiary/aromatic N) is 1. The second-order valence-corrected chi connectivity index (χ2v) is 5.60. The fourth-order valence-corrected chi connectivity index (χ4v) is 3.13. The molecule has 2 unspecified atom stereocenters. The molecule has 0 amide bonds. The Morgan fingerprint density at radius 1 is 1.69 bits per heavy atom. The molecule has 1 aromatic rings. The van der Waals surface area contributed by atoms with Gasteiger partial charge in [-0.15, -0.1) is 0 Å². The monoisotopic (exact) mass is 240 g/mol. The molecule has 1 N–H and O–H groups in total. The summed E-state index contributed by atoms with van der Waals surface area (Å²) in [6.45, 7) is 2.08. The number of aromatic nitrogens is 1. The van der Waals surface area contributed by atoms with E-state index >= 15 is 0 Å². The van der Waals surface area contributed by atoms with E-state index in [1.165, 1.54) is 24.3 Å². The Morgan fingerprint density at radius 2 is 2.56 bits per heavy atom. The third-order valence-electron chi connectivity index (χ3n) is 3.15. The van der Waals surface area contributed by atoms with Crippen LogP contribution < -0.4 is 5.32 Å². The van der Waals surface area contributed by atoms with Gasteiger partial charge >= 0.3 is 0 Å². The van der Waals surface area contributed by atoms with Gasteiger partial charge in [-0.3, -0.25) is 0 Å². The molecule has 1 saturated heterocycles. The highest BCUT2D eigenvalue weighted by Crippen LogP contribution is 2.26. The van der Waals surface area contributed by atoms with E-state index in [2.05, 4.69) is 29.0 Å². The van der Waals surface area contributed by atoms with Gasteiger partial charge in [0.05, 0.1) is 12.2 Å². The van der Waals surface area contributed by atoms with E-state index in [9.17, 15) is 0 Å². The minimum Gasteiger partial charge on any atom is -0.444 e. The summed E-state index contributed by atoms with van der Waals surface area (Å²) in [7, 11) is 1.94. The van der Waals surface area contributed by atoms with Crippen LogP contribution in [0.15, 0.2) is 10.6 Å². The molecule has 0 spiro atoms. The van der Waals surface area contributed by atoms with Crippen molar-refractivity contribution < 1.29 is 4.42 Å². The minimum atomic E-state index is 0.252. The Balaban J connectivity index is 1.91. The first-order chi connectivity index (χ1) is 7.79. The number of nitrogens with one attached hydrogen (secondary N) is 1. The molecule has 1 aliphatic rings. The van der Waals surface area contributed by atoms with Crippen molar-refractivity contribution in [2.45, 2.75) is 32.2 Å². The van der Waals surface area contributed by atoms with Crippen LogP contribution >= 0.6 is 11.8 Å². The smallest absolute Gasteiger partial charge is 0.194 e. The van der Waals surface area contributed by atoms with Crippen molar-refractivity contribution in [3.05, 3.63) is 17.8 Å². The molecule has 3 nitrogen and oxygen atoms in total. The predicted octanol–water partition coefficient (Wildman–Crippen LogP) is 2.64. The second kappa shape index (κ2) is 5.73. The first-order valence-electron chi connectivity index (χ1n) is 5.99. The average Bonchev–Trinajstić information content (AvgIpc) is 2.78. The number of hydrogen-bond donors (Lipinski definition) is 1. The molecule has 4 heteroatoms. The fraction of sp³-hybridized carbons (Fsp3) is 0.750. The van der Waals surface area contributed by atoms with Crippen molar-refractivity contribution in [2.24, 2.45) is 5.92 Å². The SMILES string of the molecule is CNC(C)c1cnc(CC2CCCSC2)o1. The van der Waals surface area contributed by atoms with Crippen LogP contribution in [0.25, 0.3) is 0 Å². The van der Waals surface area contributed by atoms with E-state index in [4.69, 9.17) is 4.42 Å². The van der Waals surface area contributed by atoms with Gasteiger partial charge in [0.1, 0.15) is 5.76 Å². The Morgan fingerprint density at radius 3 is 3.25 bits per heavy atom. The Bertz CT molecular complexity index is 321. The zero-order chi connectivity index (χ0) is 11.4. The zero-order valence-electron chi connectivity index (χ0n) is 10.0. The van der Waals surface area contributed by atoms with Crippen molar-refractivity contribution in [2.75, 3.05) is 18.6 Å². The molecule has 16 heavy (non-hydrogen) atoms. The highest BCUT2D eigenvalue weighted by Gasteiger charge is 2.17. The molecule has 1 fully saturated rings. The summed E-state index contributed by atoms with van der Waals surface area (Å²) < 4.78 is 5.76. The summed E-state index contributed by atoms with van der Waals surface area (Å²) in [6, 6.07) is 0.252. The third-order valence-corrected chi connectivity index (χ3v) is 4.43. The normalized spacial score (nSPS) is 23.2. The van der Waals surface area contributed by atoms with Crippen LogP contribution in [-0.4, -0.2) is 23.5 Å². The van der Waals surface area contributed by atoms with Crippen LogP contribution in [0.3, 0.4) is 0 Å². The van der Waals surface area contributed by atoms with Crippen molar-refractivity contribution in [1.29, 1.82) is 0 Å². The lowest BCUT2D eigenvalue weighted by molar-refractivity contribution is 0.383. The molecule has 0 saturated carbocycles. The van der Waals surface area contributed by atoms with Crippen LogP contribution in [0.4, 0.5) is 0 Å². The van der Waals surface area contributed by atoms with Gasteiger partial charge in [-0.2, -0.15) is 11.8 Å². The average molecular weight is 240 g/mol. The summed E-state index contributed by atoms with van der Waals surface area (Å²) in [5.41, 5.74) is 0. The van der Waals surface area contributed by atoms with Gasteiger partial charge in [0, 0.05) is 6.42 Å². The third kappa shape index (κ3) is 3.01. The molecule has 2 atom stereocenters. The van der Waals surface area contributed by atoms with Crippen LogP contribution in [-0.2, 0) is 6.42 Å². The number of oxazole rings is 1. The van der Waals surface area contributed by atoms with Crippen molar-refractivity contribution >= 4 is 11.8 Å². The van der Waals surface area contributed by atoms with Crippen LogP contribution in [0.1, 0.15) is 37.5 Å². The van der Waals surface area contributed by atoms with Crippen molar-refractivity contribution in [1.82, 2.24) is 10.3 Å². The quantitative estimate of drug-likeness (QED) is 0.878. The maximum absolute atomic E-state index is 5.76. The predicted molar refractivity (Wildman–Crippen MR) is 67.7 cm³/mol.